The first kappa shape index (κ1) is 15.8. The lowest BCUT2D eigenvalue weighted by Gasteiger charge is -2.30. The van der Waals surface area contributed by atoms with E-state index in [-0.39, 0.29) is 18.1 Å². The fourth-order valence-electron chi connectivity index (χ4n) is 3.64. The van der Waals surface area contributed by atoms with Gasteiger partial charge in [-0.15, -0.1) is 0 Å². The van der Waals surface area contributed by atoms with Crippen molar-refractivity contribution in [2.24, 2.45) is 11.8 Å². The maximum absolute atomic E-state index is 12.9. The van der Waals surface area contributed by atoms with Crippen LogP contribution in [0.4, 0.5) is 0 Å². The van der Waals surface area contributed by atoms with Gasteiger partial charge in [0.05, 0.1) is 18.1 Å². The Kier molecular flexibility index (Phi) is 5.44. The number of rotatable bonds is 5. The molecule has 5 atom stereocenters. The van der Waals surface area contributed by atoms with E-state index in [1.165, 1.54) is 12.8 Å². The van der Waals surface area contributed by atoms with Crippen LogP contribution in [0.25, 0.3) is 0 Å². The zero-order chi connectivity index (χ0) is 14.7. The molecule has 0 saturated carbocycles. The van der Waals surface area contributed by atoms with Crippen LogP contribution in [0.2, 0.25) is 0 Å². The molecule has 0 aromatic carbocycles. The molecular weight excluding hydrogens is 252 g/mol. The van der Waals surface area contributed by atoms with Crippen molar-refractivity contribution in [1.82, 2.24) is 10.2 Å². The molecule has 20 heavy (non-hydrogen) atoms. The van der Waals surface area contributed by atoms with Gasteiger partial charge >= 0.3 is 0 Å². The number of hydrogen-bond donors (Lipinski definition) is 1. The van der Waals surface area contributed by atoms with E-state index in [0.29, 0.717) is 17.9 Å². The average Bonchev–Trinajstić information content (AvgIpc) is 2.98. The first-order valence-electron chi connectivity index (χ1n) is 8.22. The highest BCUT2D eigenvalue weighted by Gasteiger charge is 2.43. The van der Waals surface area contributed by atoms with Crippen LogP contribution in [-0.4, -0.2) is 48.7 Å². The smallest absolute Gasteiger partial charge is 0.228 e. The number of carbonyl (C=O) groups excluding carboxylic acids is 1. The SMILES string of the molecule is CCCN(CC1CCCN1)C(=O)C1C(C)OC(C)C1C. The summed E-state index contributed by atoms with van der Waals surface area (Å²) in [7, 11) is 0. The molecule has 2 aliphatic rings. The monoisotopic (exact) mass is 282 g/mol. The van der Waals surface area contributed by atoms with Gasteiger partial charge in [-0.25, -0.2) is 0 Å². The zero-order valence-corrected chi connectivity index (χ0v) is 13.4. The first-order valence-corrected chi connectivity index (χ1v) is 8.22. The highest BCUT2D eigenvalue weighted by atomic mass is 16.5. The maximum Gasteiger partial charge on any atom is 0.228 e. The normalized spacial score (nSPS) is 37.3. The van der Waals surface area contributed by atoms with Gasteiger partial charge in [0.25, 0.3) is 0 Å². The molecule has 5 unspecified atom stereocenters. The van der Waals surface area contributed by atoms with E-state index in [0.717, 1.165) is 26.1 Å². The topological polar surface area (TPSA) is 41.6 Å². The number of nitrogens with one attached hydrogen (secondary N) is 1. The van der Waals surface area contributed by atoms with Crippen LogP contribution in [0.1, 0.15) is 47.0 Å². The molecule has 0 aromatic rings. The molecule has 2 heterocycles. The van der Waals surface area contributed by atoms with Crippen LogP contribution in [0.5, 0.6) is 0 Å². The third kappa shape index (κ3) is 3.34. The number of amides is 1. The van der Waals surface area contributed by atoms with Crippen LogP contribution in [0.15, 0.2) is 0 Å². The van der Waals surface area contributed by atoms with Gasteiger partial charge in [0, 0.05) is 19.1 Å². The Morgan fingerprint density at radius 2 is 2.05 bits per heavy atom. The molecule has 2 saturated heterocycles. The van der Waals surface area contributed by atoms with Crippen molar-refractivity contribution < 1.29 is 9.53 Å². The zero-order valence-electron chi connectivity index (χ0n) is 13.4. The van der Waals surface area contributed by atoms with Crippen molar-refractivity contribution in [3.05, 3.63) is 0 Å². The Morgan fingerprint density at radius 3 is 2.55 bits per heavy atom. The molecule has 0 aromatic heterocycles. The van der Waals surface area contributed by atoms with Crippen molar-refractivity contribution in [1.29, 1.82) is 0 Å². The minimum absolute atomic E-state index is 0.0259. The molecule has 2 aliphatic heterocycles. The van der Waals surface area contributed by atoms with Crippen LogP contribution >= 0.6 is 0 Å². The molecule has 1 N–H and O–H groups in total. The summed E-state index contributed by atoms with van der Waals surface area (Å²) in [6.45, 7) is 11.2. The van der Waals surface area contributed by atoms with Gasteiger partial charge in [-0.2, -0.15) is 0 Å². The second kappa shape index (κ2) is 6.90. The Morgan fingerprint density at radius 1 is 1.30 bits per heavy atom. The summed E-state index contributed by atoms with van der Waals surface area (Å²) in [6, 6.07) is 0.482. The summed E-state index contributed by atoms with van der Waals surface area (Å²) in [4.78, 5) is 15.0. The molecule has 4 heteroatoms. The van der Waals surface area contributed by atoms with E-state index in [2.05, 4.69) is 31.0 Å². The van der Waals surface area contributed by atoms with Crippen molar-refractivity contribution in [3.63, 3.8) is 0 Å². The quantitative estimate of drug-likeness (QED) is 0.839. The van der Waals surface area contributed by atoms with E-state index in [1.54, 1.807) is 0 Å². The summed E-state index contributed by atoms with van der Waals surface area (Å²) < 4.78 is 5.84. The van der Waals surface area contributed by atoms with Crippen LogP contribution in [0, 0.1) is 11.8 Å². The van der Waals surface area contributed by atoms with Gasteiger partial charge < -0.3 is 15.0 Å². The van der Waals surface area contributed by atoms with Crippen LogP contribution in [0.3, 0.4) is 0 Å². The largest absolute Gasteiger partial charge is 0.374 e. The van der Waals surface area contributed by atoms with Crippen LogP contribution in [-0.2, 0) is 9.53 Å². The lowest BCUT2D eigenvalue weighted by atomic mass is 9.88. The predicted molar refractivity (Wildman–Crippen MR) is 80.6 cm³/mol. The Labute approximate surface area is 123 Å². The molecule has 0 aliphatic carbocycles. The highest BCUT2D eigenvalue weighted by Crippen LogP contribution is 2.33. The molecule has 2 rings (SSSR count). The third-order valence-electron chi connectivity index (χ3n) is 4.94. The molecule has 116 valence electrons. The molecule has 1 amide bonds. The molecule has 2 fully saturated rings. The Balaban J connectivity index is 2.01. The van der Waals surface area contributed by atoms with Crippen molar-refractivity contribution in [2.45, 2.75) is 65.2 Å². The van der Waals surface area contributed by atoms with E-state index in [9.17, 15) is 4.79 Å². The first-order chi connectivity index (χ1) is 9.54. The van der Waals surface area contributed by atoms with Gasteiger partial charge in [0.2, 0.25) is 5.91 Å². The van der Waals surface area contributed by atoms with Gasteiger partial charge in [-0.1, -0.05) is 13.8 Å². The fourth-order valence-corrected chi connectivity index (χ4v) is 3.64. The lowest BCUT2D eigenvalue weighted by molar-refractivity contribution is -0.138. The Bertz CT molecular complexity index is 328. The second-order valence-electron chi connectivity index (χ2n) is 6.51. The van der Waals surface area contributed by atoms with E-state index < -0.39 is 0 Å². The van der Waals surface area contributed by atoms with Crippen LogP contribution < -0.4 is 5.32 Å². The predicted octanol–water partition coefficient (Wildman–Crippen LogP) is 2.04. The second-order valence-corrected chi connectivity index (χ2v) is 6.51. The summed E-state index contributed by atoms with van der Waals surface area (Å²) >= 11 is 0. The molecular formula is C16H30N2O2. The Hall–Kier alpha value is -0.610. The third-order valence-corrected chi connectivity index (χ3v) is 4.94. The number of carbonyl (C=O) groups is 1. The summed E-state index contributed by atoms with van der Waals surface area (Å²) in [5, 5.41) is 3.50. The number of hydrogen-bond acceptors (Lipinski definition) is 3. The van der Waals surface area contributed by atoms with Crippen molar-refractivity contribution in [2.75, 3.05) is 19.6 Å². The number of ether oxygens (including phenoxy) is 1. The average molecular weight is 282 g/mol. The highest BCUT2D eigenvalue weighted by molar-refractivity contribution is 5.80. The number of nitrogens with zero attached hydrogens (tertiary/aromatic N) is 1. The lowest BCUT2D eigenvalue weighted by Crippen LogP contribution is -2.46. The standard InChI is InChI=1S/C16H30N2O2/c1-5-9-18(10-14-7-6-8-17-14)16(19)15-11(2)12(3)20-13(15)4/h11-15,17H,5-10H2,1-4H3. The fraction of sp³-hybridized carbons (Fsp3) is 0.938. The summed E-state index contributed by atoms with van der Waals surface area (Å²) in [6.07, 6.45) is 3.67. The van der Waals surface area contributed by atoms with Gasteiger partial charge in [0.1, 0.15) is 0 Å². The van der Waals surface area contributed by atoms with E-state index in [4.69, 9.17) is 4.74 Å². The van der Waals surface area contributed by atoms with E-state index in [1.807, 2.05) is 6.92 Å². The van der Waals surface area contributed by atoms with Gasteiger partial charge in [-0.05, 0) is 45.6 Å². The van der Waals surface area contributed by atoms with Gasteiger partial charge in [0.15, 0.2) is 0 Å². The maximum atomic E-state index is 12.9. The minimum Gasteiger partial charge on any atom is -0.374 e. The molecule has 0 bridgehead atoms. The van der Waals surface area contributed by atoms with Crippen molar-refractivity contribution >= 4 is 5.91 Å². The summed E-state index contributed by atoms with van der Waals surface area (Å²) in [5.74, 6) is 0.635. The van der Waals surface area contributed by atoms with Gasteiger partial charge in [-0.3, -0.25) is 4.79 Å². The van der Waals surface area contributed by atoms with Crippen molar-refractivity contribution in [3.8, 4) is 0 Å². The summed E-state index contributed by atoms with van der Waals surface area (Å²) in [5.41, 5.74) is 0. The minimum atomic E-state index is 0.0259. The molecule has 4 nitrogen and oxygen atoms in total. The van der Waals surface area contributed by atoms with E-state index >= 15 is 0 Å². The molecule has 0 radical (unpaired) electrons. The molecule has 0 spiro atoms.